The maximum atomic E-state index is 14.2. The molecule has 0 N–H and O–H groups in total. The van der Waals surface area contributed by atoms with E-state index in [9.17, 15) is 13.6 Å². The largest absolute Gasteiger partial charge is 0.366 e. The first-order chi connectivity index (χ1) is 16.9. The van der Waals surface area contributed by atoms with Gasteiger partial charge in [-0.1, -0.05) is 35.3 Å². The van der Waals surface area contributed by atoms with Crippen LogP contribution in [0.5, 0.6) is 0 Å². The number of carbonyl (C=O) groups excluding carboxylic acids is 1. The van der Waals surface area contributed by atoms with Crippen LogP contribution in [-0.2, 0) is 0 Å². The van der Waals surface area contributed by atoms with Crippen LogP contribution in [0.4, 0.5) is 14.5 Å². The molecule has 1 fully saturated rings. The average Bonchev–Trinajstić information content (AvgIpc) is 3.32. The van der Waals surface area contributed by atoms with E-state index in [0.29, 0.717) is 64.6 Å². The second kappa shape index (κ2) is 9.68. The molecular formula is C26H20Cl2F2N4O. The molecule has 5 rings (SSSR count). The van der Waals surface area contributed by atoms with Crippen LogP contribution >= 0.6 is 23.2 Å². The molecule has 3 aromatic carbocycles. The van der Waals surface area contributed by atoms with Crippen molar-refractivity contribution in [2.45, 2.75) is 0 Å². The first-order valence-corrected chi connectivity index (χ1v) is 11.8. The standard InChI is InChI=1S/C26H20Cl2F2N4O/c27-20-10-9-19(15-21(20)28)34-25(16-23(31-34)17-5-7-18(29)8-6-17)26(35)33-13-11-32(12-14-33)24-4-2-1-3-22(24)30/h1-10,15-16H,11-14H2. The second-order valence-electron chi connectivity index (χ2n) is 8.16. The summed E-state index contributed by atoms with van der Waals surface area (Å²) in [4.78, 5) is 17.3. The minimum atomic E-state index is -0.360. The number of para-hydroxylation sites is 1. The number of amides is 1. The van der Waals surface area contributed by atoms with Gasteiger partial charge in [0.2, 0.25) is 0 Å². The molecular weight excluding hydrogens is 493 g/mol. The third kappa shape index (κ3) is 4.74. The lowest BCUT2D eigenvalue weighted by Crippen LogP contribution is -2.49. The molecule has 0 bridgehead atoms. The van der Waals surface area contributed by atoms with E-state index >= 15 is 0 Å². The number of anilines is 1. The number of rotatable bonds is 4. The predicted octanol–water partition coefficient (Wildman–Crippen LogP) is 6.09. The lowest BCUT2D eigenvalue weighted by atomic mass is 10.1. The minimum Gasteiger partial charge on any atom is -0.366 e. The van der Waals surface area contributed by atoms with Crippen LogP contribution in [0.25, 0.3) is 16.9 Å². The molecule has 1 aliphatic rings. The van der Waals surface area contributed by atoms with Crippen LogP contribution in [0.1, 0.15) is 10.5 Å². The Hall–Kier alpha value is -3.42. The summed E-state index contributed by atoms with van der Waals surface area (Å²) >= 11 is 12.3. The van der Waals surface area contributed by atoms with E-state index in [4.69, 9.17) is 23.2 Å². The highest BCUT2D eigenvalue weighted by molar-refractivity contribution is 6.42. The van der Waals surface area contributed by atoms with Crippen LogP contribution in [0.3, 0.4) is 0 Å². The highest BCUT2D eigenvalue weighted by Crippen LogP contribution is 2.28. The molecule has 1 amide bonds. The molecule has 0 saturated carbocycles. The number of hydrogen-bond acceptors (Lipinski definition) is 3. The van der Waals surface area contributed by atoms with Crippen LogP contribution < -0.4 is 4.90 Å². The minimum absolute atomic E-state index is 0.217. The quantitative estimate of drug-likeness (QED) is 0.332. The molecule has 0 spiro atoms. The Labute approximate surface area is 211 Å². The van der Waals surface area contributed by atoms with E-state index in [-0.39, 0.29) is 17.5 Å². The average molecular weight is 513 g/mol. The van der Waals surface area contributed by atoms with E-state index in [0.717, 1.165) is 0 Å². The lowest BCUT2D eigenvalue weighted by Gasteiger charge is -2.36. The van der Waals surface area contributed by atoms with Crippen molar-refractivity contribution in [3.05, 3.63) is 100 Å². The zero-order chi connectivity index (χ0) is 24.5. The molecule has 35 heavy (non-hydrogen) atoms. The maximum Gasteiger partial charge on any atom is 0.272 e. The van der Waals surface area contributed by atoms with Gasteiger partial charge >= 0.3 is 0 Å². The molecule has 0 unspecified atom stereocenters. The second-order valence-corrected chi connectivity index (χ2v) is 8.98. The van der Waals surface area contributed by atoms with E-state index in [1.165, 1.54) is 22.9 Å². The van der Waals surface area contributed by atoms with Gasteiger partial charge in [-0.25, -0.2) is 13.5 Å². The topological polar surface area (TPSA) is 41.4 Å². The van der Waals surface area contributed by atoms with Gasteiger partial charge in [0.15, 0.2) is 0 Å². The van der Waals surface area contributed by atoms with Crippen molar-refractivity contribution >= 4 is 34.8 Å². The molecule has 5 nitrogen and oxygen atoms in total. The molecule has 1 aromatic heterocycles. The van der Waals surface area contributed by atoms with E-state index in [1.807, 2.05) is 4.90 Å². The van der Waals surface area contributed by atoms with Gasteiger partial charge < -0.3 is 9.80 Å². The zero-order valence-electron chi connectivity index (χ0n) is 18.5. The molecule has 9 heteroatoms. The SMILES string of the molecule is O=C(c1cc(-c2ccc(F)cc2)nn1-c1ccc(Cl)c(Cl)c1)N1CCN(c2ccccc2F)CC1. The summed E-state index contributed by atoms with van der Waals surface area (Å²) in [5, 5.41) is 5.35. The number of hydrogen-bond donors (Lipinski definition) is 0. The summed E-state index contributed by atoms with van der Waals surface area (Å²) in [7, 11) is 0. The fourth-order valence-electron chi connectivity index (χ4n) is 4.13. The van der Waals surface area contributed by atoms with Crippen LogP contribution in [0.15, 0.2) is 72.8 Å². The fourth-order valence-corrected chi connectivity index (χ4v) is 4.42. The number of carbonyl (C=O) groups is 1. The molecule has 4 aromatic rings. The van der Waals surface area contributed by atoms with Gasteiger partial charge in [0.05, 0.1) is 27.1 Å². The Balaban J connectivity index is 1.46. The van der Waals surface area contributed by atoms with Crippen molar-refractivity contribution in [1.82, 2.24) is 14.7 Å². The number of halogens is 4. The van der Waals surface area contributed by atoms with Crippen LogP contribution in [0, 0.1) is 11.6 Å². The van der Waals surface area contributed by atoms with E-state index < -0.39 is 0 Å². The van der Waals surface area contributed by atoms with Gasteiger partial charge in [-0.2, -0.15) is 5.10 Å². The normalized spacial score (nSPS) is 13.8. The number of piperazine rings is 1. The Morgan fingerprint density at radius 1 is 0.829 bits per heavy atom. The van der Waals surface area contributed by atoms with Crippen molar-refractivity contribution in [2.24, 2.45) is 0 Å². The van der Waals surface area contributed by atoms with E-state index in [1.54, 1.807) is 59.5 Å². The fraction of sp³-hybridized carbons (Fsp3) is 0.154. The van der Waals surface area contributed by atoms with E-state index in [2.05, 4.69) is 5.10 Å². The summed E-state index contributed by atoms with van der Waals surface area (Å²) < 4.78 is 29.2. The Morgan fingerprint density at radius 3 is 2.23 bits per heavy atom. The monoisotopic (exact) mass is 512 g/mol. The highest BCUT2D eigenvalue weighted by atomic mass is 35.5. The summed E-state index contributed by atoms with van der Waals surface area (Å²) in [6.45, 7) is 1.84. The van der Waals surface area contributed by atoms with Crippen molar-refractivity contribution in [2.75, 3.05) is 31.1 Å². The lowest BCUT2D eigenvalue weighted by molar-refractivity contribution is 0.0737. The van der Waals surface area contributed by atoms with Gasteiger partial charge in [-0.3, -0.25) is 4.79 Å². The highest BCUT2D eigenvalue weighted by Gasteiger charge is 2.27. The summed E-state index contributed by atoms with van der Waals surface area (Å²) in [6.07, 6.45) is 0. The van der Waals surface area contributed by atoms with Crippen molar-refractivity contribution in [3.8, 4) is 16.9 Å². The molecule has 178 valence electrons. The molecule has 1 aliphatic heterocycles. The summed E-state index contributed by atoms with van der Waals surface area (Å²) in [5.41, 5.74) is 2.62. The third-order valence-electron chi connectivity index (χ3n) is 5.98. The first-order valence-electron chi connectivity index (χ1n) is 11.0. The van der Waals surface area contributed by atoms with Gasteiger partial charge in [-0.05, 0) is 60.7 Å². The predicted molar refractivity (Wildman–Crippen MR) is 133 cm³/mol. The van der Waals surface area contributed by atoms with Gasteiger partial charge in [-0.15, -0.1) is 0 Å². The van der Waals surface area contributed by atoms with Crippen LogP contribution in [0.2, 0.25) is 10.0 Å². The van der Waals surface area contributed by atoms with Crippen LogP contribution in [-0.4, -0.2) is 46.8 Å². The van der Waals surface area contributed by atoms with Crippen molar-refractivity contribution in [1.29, 1.82) is 0 Å². The van der Waals surface area contributed by atoms with Gasteiger partial charge in [0.1, 0.15) is 17.3 Å². The third-order valence-corrected chi connectivity index (χ3v) is 6.72. The molecule has 1 saturated heterocycles. The Morgan fingerprint density at radius 2 is 1.54 bits per heavy atom. The zero-order valence-corrected chi connectivity index (χ0v) is 20.0. The van der Waals surface area contributed by atoms with Gasteiger partial charge in [0.25, 0.3) is 5.91 Å². The molecule has 2 heterocycles. The molecule has 0 radical (unpaired) electrons. The summed E-state index contributed by atoms with van der Waals surface area (Å²) in [5.74, 6) is -0.860. The maximum absolute atomic E-state index is 14.2. The Bertz CT molecular complexity index is 1380. The Kier molecular flexibility index (Phi) is 6.45. The van der Waals surface area contributed by atoms with Gasteiger partial charge in [0, 0.05) is 31.7 Å². The molecule has 0 atom stereocenters. The van der Waals surface area contributed by atoms with Crippen molar-refractivity contribution < 1.29 is 13.6 Å². The number of benzene rings is 3. The number of nitrogens with zero attached hydrogens (tertiary/aromatic N) is 4. The van der Waals surface area contributed by atoms with Crippen molar-refractivity contribution in [3.63, 3.8) is 0 Å². The first kappa shape index (κ1) is 23.3. The summed E-state index contributed by atoms with van der Waals surface area (Å²) in [6, 6.07) is 19.2. The smallest absolute Gasteiger partial charge is 0.272 e. The molecule has 0 aliphatic carbocycles. The number of aromatic nitrogens is 2.